The summed E-state index contributed by atoms with van der Waals surface area (Å²) in [6.45, 7) is 6.51. The molecule has 66 heavy (non-hydrogen) atoms. The van der Waals surface area contributed by atoms with Gasteiger partial charge in [0.25, 0.3) is 0 Å². The molecule has 0 aliphatic rings. The molecule has 0 aromatic heterocycles. The summed E-state index contributed by atoms with van der Waals surface area (Å²) in [7, 11) is 0. The lowest BCUT2D eigenvalue weighted by atomic mass is 10.0. The third-order valence-corrected chi connectivity index (χ3v) is 12.5. The van der Waals surface area contributed by atoms with E-state index >= 15 is 0 Å². The lowest BCUT2D eigenvalue weighted by Gasteiger charge is -2.18. The van der Waals surface area contributed by atoms with Crippen LogP contribution in [-0.2, 0) is 28.6 Å². The van der Waals surface area contributed by atoms with E-state index in [0.29, 0.717) is 19.3 Å². The molecule has 0 saturated carbocycles. The molecule has 0 fully saturated rings. The number of hydrogen-bond acceptors (Lipinski definition) is 6. The molecule has 0 N–H and O–H groups in total. The molecule has 0 radical (unpaired) electrons. The second-order valence-electron chi connectivity index (χ2n) is 19.2. The van der Waals surface area contributed by atoms with E-state index in [1.165, 1.54) is 161 Å². The number of unbranched alkanes of at least 4 members (excludes halogenated alkanes) is 33. The lowest BCUT2D eigenvalue weighted by Crippen LogP contribution is -2.30. The van der Waals surface area contributed by atoms with Crippen molar-refractivity contribution in [3.63, 3.8) is 0 Å². The van der Waals surface area contributed by atoms with E-state index < -0.39 is 6.10 Å². The van der Waals surface area contributed by atoms with Gasteiger partial charge in [0, 0.05) is 19.3 Å². The van der Waals surface area contributed by atoms with Crippen LogP contribution >= 0.6 is 0 Å². The Bertz CT molecular complexity index is 1150. The van der Waals surface area contributed by atoms with Crippen molar-refractivity contribution >= 4 is 17.9 Å². The van der Waals surface area contributed by atoms with Crippen molar-refractivity contribution in [3.05, 3.63) is 48.6 Å². The van der Waals surface area contributed by atoms with Crippen LogP contribution in [0.15, 0.2) is 48.6 Å². The Labute approximate surface area is 409 Å². The highest BCUT2D eigenvalue weighted by molar-refractivity contribution is 5.71. The monoisotopic (exact) mass is 925 g/mol. The molecule has 0 bridgehead atoms. The van der Waals surface area contributed by atoms with Crippen LogP contribution in [0.25, 0.3) is 0 Å². The standard InChI is InChI=1S/C60H108O6/c1-4-7-10-13-16-18-20-22-23-24-25-26-27-28-29-30-31-32-33-34-35-36-37-39-40-42-44-47-50-53-59(62)65-56-57(55-64-58(61)52-49-46-15-12-9-6-3)66-60(63)54-51-48-45-43-41-38-21-19-17-14-11-8-5-2/h11,14,19-22,24-25,57H,4-10,12-13,15-18,23,26-56H2,1-3H3/b14-11-,21-19-,22-20-,25-24-. The topological polar surface area (TPSA) is 78.9 Å². The van der Waals surface area contributed by atoms with Crippen molar-refractivity contribution in [2.45, 2.75) is 303 Å². The smallest absolute Gasteiger partial charge is 0.306 e. The minimum Gasteiger partial charge on any atom is -0.462 e. The quantitative estimate of drug-likeness (QED) is 0.0262. The van der Waals surface area contributed by atoms with Gasteiger partial charge in [-0.15, -0.1) is 0 Å². The van der Waals surface area contributed by atoms with Gasteiger partial charge in [-0.1, -0.05) is 249 Å². The van der Waals surface area contributed by atoms with Gasteiger partial charge in [-0.3, -0.25) is 14.4 Å². The molecular weight excluding hydrogens is 817 g/mol. The van der Waals surface area contributed by atoms with Crippen molar-refractivity contribution in [3.8, 4) is 0 Å². The molecule has 384 valence electrons. The number of carbonyl (C=O) groups is 3. The maximum absolute atomic E-state index is 12.7. The van der Waals surface area contributed by atoms with Crippen LogP contribution in [0.4, 0.5) is 0 Å². The second kappa shape index (κ2) is 55.0. The highest BCUT2D eigenvalue weighted by atomic mass is 16.6. The van der Waals surface area contributed by atoms with E-state index in [1.807, 2.05) is 0 Å². The average molecular weight is 926 g/mol. The molecule has 6 heteroatoms. The second-order valence-corrected chi connectivity index (χ2v) is 19.2. The third-order valence-electron chi connectivity index (χ3n) is 12.5. The fourth-order valence-corrected chi connectivity index (χ4v) is 8.22. The Hall–Kier alpha value is -2.63. The largest absolute Gasteiger partial charge is 0.462 e. The van der Waals surface area contributed by atoms with Crippen molar-refractivity contribution in [1.29, 1.82) is 0 Å². The Morgan fingerprint density at radius 3 is 0.894 bits per heavy atom. The molecule has 0 heterocycles. The maximum atomic E-state index is 12.7. The summed E-state index contributed by atoms with van der Waals surface area (Å²) >= 11 is 0. The van der Waals surface area contributed by atoms with E-state index in [9.17, 15) is 14.4 Å². The van der Waals surface area contributed by atoms with Crippen LogP contribution < -0.4 is 0 Å². The highest BCUT2D eigenvalue weighted by Gasteiger charge is 2.19. The Morgan fingerprint density at radius 1 is 0.303 bits per heavy atom. The first-order chi connectivity index (χ1) is 32.5. The summed E-state index contributed by atoms with van der Waals surface area (Å²) in [5.74, 6) is -0.891. The molecule has 0 aromatic rings. The molecule has 0 aromatic carbocycles. The van der Waals surface area contributed by atoms with Gasteiger partial charge in [0.1, 0.15) is 13.2 Å². The maximum Gasteiger partial charge on any atom is 0.306 e. The van der Waals surface area contributed by atoms with E-state index in [2.05, 4.69) is 69.4 Å². The zero-order chi connectivity index (χ0) is 47.9. The first-order valence-electron chi connectivity index (χ1n) is 28.6. The van der Waals surface area contributed by atoms with Gasteiger partial charge in [-0.25, -0.2) is 0 Å². The van der Waals surface area contributed by atoms with Crippen LogP contribution in [0.2, 0.25) is 0 Å². The Kier molecular flexibility index (Phi) is 52.8. The van der Waals surface area contributed by atoms with Crippen LogP contribution in [0, 0.1) is 0 Å². The summed E-state index contributed by atoms with van der Waals surface area (Å²) in [6.07, 6.45) is 67.2. The van der Waals surface area contributed by atoms with Gasteiger partial charge in [-0.2, -0.15) is 0 Å². The van der Waals surface area contributed by atoms with Crippen LogP contribution in [-0.4, -0.2) is 37.2 Å². The molecule has 0 amide bonds. The number of ether oxygens (including phenoxy) is 3. The molecule has 0 spiro atoms. The fourth-order valence-electron chi connectivity index (χ4n) is 8.22. The van der Waals surface area contributed by atoms with Crippen molar-refractivity contribution < 1.29 is 28.6 Å². The zero-order valence-corrected chi connectivity index (χ0v) is 44.0. The molecule has 0 rings (SSSR count). The number of carbonyl (C=O) groups excluding carboxylic acids is 3. The molecule has 0 saturated heterocycles. The highest BCUT2D eigenvalue weighted by Crippen LogP contribution is 2.16. The summed E-state index contributed by atoms with van der Waals surface area (Å²) < 4.78 is 16.7. The molecule has 0 aliphatic heterocycles. The minimum absolute atomic E-state index is 0.0763. The number of allylic oxidation sites excluding steroid dienone is 8. The number of hydrogen-bond donors (Lipinski definition) is 0. The first-order valence-corrected chi connectivity index (χ1v) is 28.6. The molecule has 1 atom stereocenters. The number of esters is 3. The zero-order valence-electron chi connectivity index (χ0n) is 44.0. The van der Waals surface area contributed by atoms with Crippen LogP contribution in [0.5, 0.6) is 0 Å². The predicted octanol–water partition coefficient (Wildman–Crippen LogP) is 19.0. The van der Waals surface area contributed by atoms with Gasteiger partial charge in [0.05, 0.1) is 0 Å². The predicted molar refractivity (Wildman–Crippen MR) is 284 cm³/mol. The first kappa shape index (κ1) is 63.4. The van der Waals surface area contributed by atoms with Crippen LogP contribution in [0.1, 0.15) is 297 Å². The number of rotatable bonds is 52. The summed E-state index contributed by atoms with van der Waals surface area (Å²) in [4.78, 5) is 37.8. The fraction of sp³-hybridized carbons (Fsp3) is 0.817. The Balaban J connectivity index is 3.99. The average Bonchev–Trinajstić information content (AvgIpc) is 3.31. The van der Waals surface area contributed by atoms with Crippen LogP contribution in [0.3, 0.4) is 0 Å². The van der Waals surface area contributed by atoms with E-state index in [-0.39, 0.29) is 31.1 Å². The molecule has 6 nitrogen and oxygen atoms in total. The van der Waals surface area contributed by atoms with Gasteiger partial charge in [-0.05, 0) is 77.0 Å². The summed E-state index contributed by atoms with van der Waals surface area (Å²) in [5.41, 5.74) is 0. The van der Waals surface area contributed by atoms with Gasteiger partial charge >= 0.3 is 17.9 Å². The van der Waals surface area contributed by atoms with E-state index in [0.717, 1.165) is 96.3 Å². The van der Waals surface area contributed by atoms with Crippen molar-refractivity contribution in [1.82, 2.24) is 0 Å². The molecule has 0 aliphatic carbocycles. The molecular formula is C60H108O6. The third kappa shape index (κ3) is 52.3. The normalized spacial score (nSPS) is 12.3. The lowest BCUT2D eigenvalue weighted by molar-refractivity contribution is -0.167. The Morgan fingerprint density at radius 2 is 0.576 bits per heavy atom. The van der Waals surface area contributed by atoms with Crippen molar-refractivity contribution in [2.24, 2.45) is 0 Å². The van der Waals surface area contributed by atoms with E-state index in [1.54, 1.807) is 0 Å². The van der Waals surface area contributed by atoms with Crippen molar-refractivity contribution in [2.75, 3.05) is 13.2 Å². The summed E-state index contributed by atoms with van der Waals surface area (Å²) in [5, 5.41) is 0. The van der Waals surface area contributed by atoms with E-state index in [4.69, 9.17) is 14.2 Å². The SMILES string of the molecule is CCC/C=C\C/C=C\CCCCCCCC(=O)OC(COC(=O)CCCCCCCC)COC(=O)CCCCCCCCCCCCCCCCCCC/C=C\C/C=C\CCCCCCC. The van der Waals surface area contributed by atoms with Gasteiger partial charge < -0.3 is 14.2 Å². The minimum atomic E-state index is -0.774. The molecule has 1 unspecified atom stereocenters. The summed E-state index contributed by atoms with van der Waals surface area (Å²) in [6, 6.07) is 0. The van der Waals surface area contributed by atoms with Gasteiger partial charge in [0.15, 0.2) is 6.10 Å². The van der Waals surface area contributed by atoms with Gasteiger partial charge in [0.2, 0.25) is 0 Å².